The average Bonchev–Trinajstić information content (AvgIpc) is 2.27. The van der Waals surface area contributed by atoms with Gasteiger partial charge in [0.1, 0.15) is 5.41 Å². The van der Waals surface area contributed by atoms with Gasteiger partial charge in [-0.1, -0.05) is 30.3 Å². The van der Waals surface area contributed by atoms with E-state index in [0.717, 1.165) is 5.56 Å². The first-order valence-corrected chi connectivity index (χ1v) is 5.00. The maximum absolute atomic E-state index is 11.6. The standard InChI is InChI=1S/C12H15NO3/c1-12(2,11(15)16)10(14)13-8-9-6-4-3-5-7-9/h3-7H,8H2,1-2H3,(H,13,14)(H,15,16). The summed E-state index contributed by atoms with van der Waals surface area (Å²) in [5, 5.41) is 11.4. The molecule has 0 aliphatic carbocycles. The highest BCUT2D eigenvalue weighted by molar-refractivity contribution is 6.00. The molecule has 1 aromatic carbocycles. The zero-order valence-electron chi connectivity index (χ0n) is 9.36. The fourth-order valence-corrected chi connectivity index (χ4v) is 1.10. The SMILES string of the molecule is CC(C)(C(=O)O)C(=O)NCc1ccccc1. The van der Waals surface area contributed by atoms with Crippen LogP contribution in [0.1, 0.15) is 19.4 Å². The third-order valence-electron chi connectivity index (χ3n) is 2.40. The molecule has 86 valence electrons. The second-order valence-electron chi connectivity index (χ2n) is 4.10. The molecular weight excluding hydrogens is 206 g/mol. The minimum Gasteiger partial charge on any atom is -0.480 e. The average molecular weight is 221 g/mol. The Morgan fingerprint density at radius 2 is 1.81 bits per heavy atom. The van der Waals surface area contributed by atoms with E-state index in [0.29, 0.717) is 6.54 Å². The monoisotopic (exact) mass is 221 g/mol. The first kappa shape index (κ1) is 12.2. The number of carboxylic acids is 1. The Bertz CT molecular complexity index is 385. The van der Waals surface area contributed by atoms with Crippen LogP contribution in [0.2, 0.25) is 0 Å². The third kappa shape index (κ3) is 2.82. The van der Waals surface area contributed by atoms with Crippen LogP contribution in [0.4, 0.5) is 0 Å². The Kier molecular flexibility index (Phi) is 3.66. The normalized spacial score (nSPS) is 10.9. The van der Waals surface area contributed by atoms with Crippen molar-refractivity contribution in [2.45, 2.75) is 20.4 Å². The van der Waals surface area contributed by atoms with E-state index in [1.165, 1.54) is 13.8 Å². The zero-order valence-corrected chi connectivity index (χ0v) is 9.36. The molecule has 0 aliphatic rings. The third-order valence-corrected chi connectivity index (χ3v) is 2.40. The Balaban J connectivity index is 2.57. The van der Waals surface area contributed by atoms with E-state index in [-0.39, 0.29) is 0 Å². The lowest BCUT2D eigenvalue weighted by Crippen LogP contribution is -2.41. The lowest BCUT2D eigenvalue weighted by Gasteiger charge is -2.18. The number of amides is 1. The molecule has 16 heavy (non-hydrogen) atoms. The summed E-state index contributed by atoms with van der Waals surface area (Å²) in [6, 6.07) is 9.35. The molecular formula is C12H15NO3. The number of benzene rings is 1. The summed E-state index contributed by atoms with van der Waals surface area (Å²) in [5.41, 5.74) is -0.452. The van der Waals surface area contributed by atoms with Gasteiger partial charge in [0.05, 0.1) is 0 Å². The quantitative estimate of drug-likeness (QED) is 0.755. The number of hydrogen-bond acceptors (Lipinski definition) is 2. The van der Waals surface area contributed by atoms with E-state index in [9.17, 15) is 9.59 Å². The van der Waals surface area contributed by atoms with Crippen molar-refractivity contribution in [1.29, 1.82) is 0 Å². The van der Waals surface area contributed by atoms with Gasteiger partial charge in [0, 0.05) is 6.54 Å². The number of nitrogens with one attached hydrogen (secondary N) is 1. The van der Waals surface area contributed by atoms with E-state index < -0.39 is 17.3 Å². The van der Waals surface area contributed by atoms with Crippen molar-refractivity contribution in [3.05, 3.63) is 35.9 Å². The Labute approximate surface area is 94.3 Å². The molecule has 1 aromatic rings. The molecule has 1 rings (SSSR count). The first-order chi connectivity index (χ1) is 7.44. The molecule has 0 fully saturated rings. The number of aliphatic carboxylic acids is 1. The second kappa shape index (κ2) is 4.79. The highest BCUT2D eigenvalue weighted by Crippen LogP contribution is 2.15. The summed E-state index contributed by atoms with van der Waals surface area (Å²) in [5.74, 6) is -1.61. The number of rotatable bonds is 4. The van der Waals surface area contributed by atoms with Gasteiger partial charge < -0.3 is 10.4 Å². The van der Waals surface area contributed by atoms with E-state index in [1.807, 2.05) is 30.3 Å². The largest absolute Gasteiger partial charge is 0.480 e. The Morgan fingerprint density at radius 1 is 1.25 bits per heavy atom. The lowest BCUT2D eigenvalue weighted by molar-refractivity contribution is -0.153. The van der Waals surface area contributed by atoms with Crippen LogP contribution in [0.5, 0.6) is 0 Å². The van der Waals surface area contributed by atoms with Crippen molar-refractivity contribution in [1.82, 2.24) is 5.32 Å². The number of carbonyl (C=O) groups is 2. The molecule has 0 saturated carbocycles. The Hall–Kier alpha value is -1.84. The van der Waals surface area contributed by atoms with Crippen molar-refractivity contribution >= 4 is 11.9 Å². The number of carboxylic acid groups (broad SMARTS) is 1. The number of carbonyl (C=O) groups excluding carboxylic acids is 1. The predicted octanol–water partition coefficient (Wildman–Crippen LogP) is 1.41. The van der Waals surface area contributed by atoms with Crippen LogP contribution in [0.15, 0.2) is 30.3 Å². The minimum absolute atomic E-state index is 0.344. The van der Waals surface area contributed by atoms with Gasteiger partial charge in [-0.15, -0.1) is 0 Å². The van der Waals surface area contributed by atoms with Gasteiger partial charge in [-0.2, -0.15) is 0 Å². The van der Waals surface area contributed by atoms with Crippen LogP contribution >= 0.6 is 0 Å². The van der Waals surface area contributed by atoms with E-state index in [4.69, 9.17) is 5.11 Å². The molecule has 2 N–H and O–H groups in total. The van der Waals surface area contributed by atoms with Crippen LogP contribution in [-0.2, 0) is 16.1 Å². The predicted molar refractivity (Wildman–Crippen MR) is 59.7 cm³/mol. The van der Waals surface area contributed by atoms with Crippen LogP contribution in [0.3, 0.4) is 0 Å². The maximum atomic E-state index is 11.6. The summed E-state index contributed by atoms with van der Waals surface area (Å²) in [4.78, 5) is 22.4. The highest BCUT2D eigenvalue weighted by Gasteiger charge is 2.35. The molecule has 0 aliphatic heterocycles. The molecule has 0 heterocycles. The van der Waals surface area contributed by atoms with Gasteiger partial charge in [0.15, 0.2) is 0 Å². The van der Waals surface area contributed by atoms with Crippen molar-refractivity contribution in [2.75, 3.05) is 0 Å². The van der Waals surface area contributed by atoms with Crippen LogP contribution < -0.4 is 5.32 Å². The van der Waals surface area contributed by atoms with Gasteiger partial charge in [0.2, 0.25) is 5.91 Å². The summed E-state index contributed by atoms with van der Waals surface area (Å²) in [7, 11) is 0. The van der Waals surface area contributed by atoms with E-state index in [1.54, 1.807) is 0 Å². The van der Waals surface area contributed by atoms with Gasteiger partial charge in [-0.05, 0) is 19.4 Å². The molecule has 1 amide bonds. The van der Waals surface area contributed by atoms with Crippen LogP contribution in [-0.4, -0.2) is 17.0 Å². The minimum atomic E-state index is -1.39. The fourth-order valence-electron chi connectivity index (χ4n) is 1.10. The maximum Gasteiger partial charge on any atom is 0.318 e. The second-order valence-corrected chi connectivity index (χ2v) is 4.10. The van der Waals surface area contributed by atoms with E-state index >= 15 is 0 Å². The van der Waals surface area contributed by atoms with Crippen LogP contribution in [0, 0.1) is 5.41 Å². The first-order valence-electron chi connectivity index (χ1n) is 5.00. The van der Waals surface area contributed by atoms with E-state index in [2.05, 4.69) is 5.32 Å². The van der Waals surface area contributed by atoms with Crippen molar-refractivity contribution in [3.63, 3.8) is 0 Å². The summed E-state index contributed by atoms with van der Waals surface area (Å²) in [6.07, 6.45) is 0. The van der Waals surface area contributed by atoms with Gasteiger partial charge in [-0.25, -0.2) is 0 Å². The molecule has 0 bridgehead atoms. The van der Waals surface area contributed by atoms with Gasteiger partial charge >= 0.3 is 5.97 Å². The Morgan fingerprint density at radius 3 is 2.31 bits per heavy atom. The molecule has 4 heteroatoms. The topological polar surface area (TPSA) is 66.4 Å². The van der Waals surface area contributed by atoms with Crippen LogP contribution in [0.25, 0.3) is 0 Å². The molecule has 0 saturated heterocycles. The van der Waals surface area contributed by atoms with Crippen molar-refractivity contribution in [2.24, 2.45) is 5.41 Å². The zero-order chi connectivity index (χ0) is 12.2. The molecule has 0 atom stereocenters. The molecule has 4 nitrogen and oxygen atoms in total. The summed E-state index contributed by atoms with van der Waals surface area (Å²) >= 11 is 0. The fraction of sp³-hybridized carbons (Fsp3) is 0.333. The van der Waals surface area contributed by atoms with Gasteiger partial charge in [0.25, 0.3) is 0 Å². The molecule has 0 aromatic heterocycles. The van der Waals surface area contributed by atoms with Crippen molar-refractivity contribution < 1.29 is 14.7 Å². The molecule has 0 radical (unpaired) electrons. The highest BCUT2D eigenvalue weighted by atomic mass is 16.4. The van der Waals surface area contributed by atoms with Crippen molar-refractivity contribution in [3.8, 4) is 0 Å². The van der Waals surface area contributed by atoms with Gasteiger partial charge in [-0.3, -0.25) is 9.59 Å². The smallest absolute Gasteiger partial charge is 0.318 e. The summed E-state index contributed by atoms with van der Waals surface area (Å²) < 4.78 is 0. The molecule has 0 spiro atoms. The number of hydrogen-bond donors (Lipinski definition) is 2. The summed E-state index contributed by atoms with van der Waals surface area (Å²) in [6.45, 7) is 3.11. The lowest BCUT2D eigenvalue weighted by atomic mass is 9.92. The molecule has 0 unspecified atom stereocenters.